The molecule has 0 aromatic heterocycles. The van der Waals surface area contributed by atoms with Gasteiger partial charge in [-0.15, -0.1) is 0 Å². The van der Waals surface area contributed by atoms with E-state index in [1.807, 2.05) is 12.1 Å². The molecule has 0 saturated carbocycles. The average Bonchev–Trinajstić information content (AvgIpc) is 3.14. The fraction of sp³-hybridized carbons (Fsp3) is 0.625. The molecule has 3 aliphatic rings. The normalized spacial score (nSPS) is 29.3. The lowest BCUT2D eigenvalue weighted by molar-refractivity contribution is 0.247. The molecule has 114 valence electrons. The number of benzene rings is 1. The standard InChI is InChI=1S/C16H22N2O2S/c19-21(20,15-5-4-12-2-1-3-13(12)10-15)18-9-7-16-14(11-18)6-8-17-16/h4-5,10,14,16-17H,1-3,6-9,11H2. The molecule has 0 spiro atoms. The molecule has 2 fully saturated rings. The van der Waals surface area contributed by atoms with Crippen LogP contribution in [0.15, 0.2) is 23.1 Å². The molecule has 5 heteroatoms. The van der Waals surface area contributed by atoms with Gasteiger partial charge in [-0.2, -0.15) is 4.31 Å². The summed E-state index contributed by atoms with van der Waals surface area (Å²) in [5.74, 6) is 0.489. The highest BCUT2D eigenvalue weighted by atomic mass is 32.2. The second-order valence-corrected chi connectivity index (χ2v) is 8.48. The van der Waals surface area contributed by atoms with E-state index >= 15 is 0 Å². The first-order chi connectivity index (χ1) is 10.1. The van der Waals surface area contributed by atoms with E-state index < -0.39 is 10.0 Å². The number of nitrogens with zero attached hydrogens (tertiary/aromatic N) is 1. The number of nitrogens with one attached hydrogen (secondary N) is 1. The Morgan fingerprint density at radius 1 is 1.14 bits per heavy atom. The molecule has 2 atom stereocenters. The number of sulfonamides is 1. The van der Waals surface area contributed by atoms with E-state index in [1.165, 1.54) is 11.1 Å². The third-order valence-corrected chi connectivity index (χ3v) is 7.19. The molecule has 21 heavy (non-hydrogen) atoms. The van der Waals surface area contributed by atoms with Gasteiger partial charge >= 0.3 is 0 Å². The molecule has 2 aliphatic heterocycles. The Balaban J connectivity index is 1.61. The van der Waals surface area contributed by atoms with Gasteiger partial charge in [0.05, 0.1) is 4.90 Å². The highest BCUT2D eigenvalue weighted by molar-refractivity contribution is 7.89. The maximum absolute atomic E-state index is 12.9. The lowest BCUT2D eigenvalue weighted by Crippen LogP contribution is -2.46. The minimum absolute atomic E-state index is 0.489. The molecule has 2 heterocycles. The second-order valence-electron chi connectivity index (χ2n) is 6.55. The highest BCUT2D eigenvalue weighted by Gasteiger charge is 2.37. The van der Waals surface area contributed by atoms with E-state index in [-0.39, 0.29) is 0 Å². The van der Waals surface area contributed by atoms with Gasteiger partial charge in [-0.1, -0.05) is 6.07 Å². The molecule has 4 rings (SSSR count). The van der Waals surface area contributed by atoms with Crippen molar-refractivity contribution in [3.8, 4) is 0 Å². The van der Waals surface area contributed by atoms with Crippen LogP contribution in [0.2, 0.25) is 0 Å². The number of piperidine rings is 1. The van der Waals surface area contributed by atoms with E-state index in [4.69, 9.17) is 0 Å². The lowest BCUT2D eigenvalue weighted by Gasteiger charge is -2.34. The molecular weight excluding hydrogens is 284 g/mol. The molecule has 0 radical (unpaired) electrons. The summed E-state index contributed by atoms with van der Waals surface area (Å²) < 4.78 is 27.5. The molecule has 0 bridgehead atoms. The highest BCUT2D eigenvalue weighted by Crippen LogP contribution is 2.30. The van der Waals surface area contributed by atoms with Crippen LogP contribution in [0, 0.1) is 5.92 Å². The van der Waals surface area contributed by atoms with Crippen molar-refractivity contribution >= 4 is 10.0 Å². The summed E-state index contributed by atoms with van der Waals surface area (Å²) in [6, 6.07) is 6.25. The van der Waals surface area contributed by atoms with Crippen LogP contribution in [-0.2, 0) is 22.9 Å². The summed E-state index contributed by atoms with van der Waals surface area (Å²) in [7, 11) is -3.32. The van der Waals surface area contributed by atoms with Gasteiger partial charge in [0.2, 0.25) is 10.0 Å². The summed E-state index contributed by atoms with van der Waals surface area (Å²) in [4.78, 5) is 0.493. The van der Waals surface area contributed by atoms with Crippen molar-refractivity contribution in [2.75, 3.05) is 19.6 Å². The topological polar surface area (TPSA) is 49.4 Å². The van der Waals surface area contributed by atoms with Gasteiger partial charge in [0, 0.05) is 19.1 Å². The minimum Gasteiger partial charge on any atom is -0.314 e. The zero-order valence-corrected chi connectivity index (χ0v) is 13.0. The zero-order valence-electron chi connectivity index (χ0n) is 12.2. The van der Waals surface area contributed by atoms with Gasteiger partial charge in [0.15, 0.2) is 0 Å². The quantitative estimate of drug-likeness (QED) is 0.902. The summed E-state index contributed by atoms with van der Waals surface area (Å²) in [6.45, 7) is 2.35. The molecule has 1 aliphatic carbocycles. The molecule has 0 amide bonds. The fourth-order valence-corrected chi connectivity index (χ4v) is 5.65. The largest absolute Gasteiger partial charge is 0.314 e. The second kappa shape index (κ2) is 5.07. The van der Waals surface area contributed by atoms with Crippen LogP contribution >= 0.6 is 0 Å². The van der Waals surface area contributed by atoms with Crippen LogP contribution in [-0.4, -0.2) is 38.4 Å². The number of aryl methyl sites for hydroxylation is 2. The van der Waals surface area contributed by atoms with Crippen LogP contribution < -0.4 is 5.32 Å². The number of hydrogen-bond donors (Lipinski definition) is 1. The van der Waals surface area contributed by atoms with E-state index in [2.05, 4.69) is 5.32 Å². The molecular formula is C16H22N2O2S. The van der Waals surface area contributed by atoms with Crippen molar-refractivity contribution in [3.63, 3.8) is 0 Å². The smallest absolute Gasteiger partial charge is 0.243 e. The average molecular weight is 306 g/mol. The van der Waals surface area contributed by atoms with Crippen LogP contribution in [0.4, 0.5) is 0 Å². The maximum atomic E-state index is 12.9. The van der Waals surface area contributed by atoms with Gasteiger partial charge in [-0.3, -0.25) is 0 Å². The van der Waals surface area contributed by atoms with Gasteiger partial charge in [-0.05, 0) is 67.8 Å². The van der Waals surface area contributed by atoms with E-state index in [0.717, 1.165) is 38.6 Å². The fourth-order valence-electron chi connectivity index (χ4n) is 4.09. The molecule has 1 aromatic rings. The van der Waals surface area contributed by atoms with Crippen LogP contribution in [0.5, 0.6) is 0 Å². The Bertz CT molecular complexity index is 656. The summed E-state index contributed by atoms with van der Waals surface area (Å²) >= 11 is 0. The predicted molar refractivity (Wildman–Crippen MR) is 81.7 cm³/mol. The van der Waals surface area contributed by atoms with Gasteiger partial charge in [0.25, 0.3) is 0 Å². The summed E-state index contributed by atoms with van der Waals surface area (Å²) in [5, 5.41) is 3.48. The monoisotopic (exact) mass is 306 g/mol. The molecule has 2 saturated heterocycles. The third-order valence-electron chi connectivity index (χ3n) is 5.33. The van der Waals surface area contributed by atoms with E-state index in [1.54, 1.807) is 10.4 Å². The minimum atomic E-state index is -3.32. The number of hydrogen-bond acceptors (Lipinski definition) is 3. The van der Waals surface area contributed by atoms with Crippen molar-refractivity contribution < 1.29 is 8.42 Å². The van der Waals surface area contributed by atoms with Gasteiger partial charge < -0.3 is 5.32 Å². The Morgan fingerprint density at radius 3 is 2.90 bits per heavy atom. The molecule has 4 nitrogen and oxygen atoms in total. The first kappa shape index (κ1) is 13.7. The summed E-state index contributed by atoms with van der Waals surface area (Å²) in [5.41, 5.74) is 2.56. The Hall–Kier alpha value is -0.910. The zero-order chi connectivity index (χ0) is 14.4. The van der Waals surface area contributed by atoms with Crippen molar-refractivity contribution in [2.24, 2.45) is 5.92 Å². The van der Waals surface area contributed by atoms with E-state index in [0.29, 0.717) is 29.9 Å². The van der Waals surface area contributed by atoms with Crippen LogP contribution in [0.1, 0.15) is 30.4 Å². The Labute approximate surface area is 126 Å². The van der Waals surface area contributed by atoms with Crippen molar-refractivity contribution in [3.05, 3.63) is 29.3 Å². The van der Waals surface area contributed by atoms with Crippen LogP contribution in [0.3, 0.4) is 0 Å². The third kappa shape index (κ3) is 2.31. The summed E-state index contributed by atoms with van der Waals surface area (Å²) in [6.07, 6.45) is 5.30. The molecule has 2 unspecified atom stereocenters. The molecule has 1 N–H and O–H groups in total. The van der Waals surface area contributed by atoms with E-state index in [9.17, 15) is 8.42 Å². The number of rotatable bonds is 2. The first-order valence-corrected chi connectivity index (χ1v) is 9.44. The van der Waals surface area contributed by atoms with Crippen molar-refractivity contribution in [2.45, 2.75) is 43.0 Å². The maximum Gasteiger partial charge on any atom is 0.243 e. The number of fused-ring (bicyclic) bond motifs is 2. The van der Waals surface area contributed by atoms with Crippen molar-refractivity contribution in [1.82, 2.24) is 9.62 Å². The Morgan fingerprint density at radius 2 is 2.00 bits per heavy atom. The van der Waals surface area contributed by atoms with Gasteiger partial charge in [0.1, 0.15) is 0 Å². The molecule has 1 aromatic carbocycles. The predicted octanol–water partition coefficient (Wildman–Crippen LogP) is 1.55. The van der Waals surface area contributed by atoms with Gasteiger partial charge in [-0.25, -0.2) is 8.42 Å². The SMILES string of the molecule is O=S(=O)(c1ccc2c(c1)CCC2)N1CCC2NCCC2C1. The van der Waals surface area contributed by atoms with Crippen LogP contribution in [0.25, 0.3) is 0 Å². The van der Waals surface area contributed by atoms with Crippen molar-refractivity contribution in [1.29, 1.82) is 0 Å². The Kier molecular flexibility index (Phi) is 3.32. The first-order valence-electron chi connectivity index (χ1n) is 8.00. The lowest BCUT2D eigenvalue weighted by atomic mass is 9.95.